The molecule has 5 nitrogen and oxygen atoms in total. The Hall–Kier alpha value is -1.91. The third-order valence-corrected chi connectivity index (χ3v) is 3.12. The zero-order valence-corrected chi connectivity index (χ0v) is 9.60. The fourth-order valence-electron chi connectivity index (χ4n) is 1.92. The summed E-state index contributed by atoms with van der Waals surface area (Å²) < 4.78 is 4.70. The molecular formula is C12H14N2O3. The SMILES string of the molecule is COC(=O)C1(C(=O)Nc2ccccn2)CCC1. The van der Waals surface area contributed by atoms with Crippen molar-refractivity contribution in [3.63, 3.8) is 0 Å². The maximum atomic E-state index is 12.1. The van der Waals surface area contributed by atoms with Gasteiger partial charge in [0.25, 0.3) is 0 Å². The van der Waals surface area contributed by atoms with Gasteiger partial charge in [-0.25, -0.2) is 4.98 Å². The summed E-state index contributed by atoms with van der Waals surface area (Å²) in [5.41, 5.74) is -1.01. The molecule has 1 N–H and O–H groups in total. The second-order valence-electron chi connectivity index (χ2n) is 4.10. The molecule has 17 heavy (non-hydrogen) atoms. The quantitative estimate of drug-likeness (QED) is 0.633. The molecule has 1 aliphatic carbocycles. The van der Waals surface area contributed by atoms with Crippen LogP contribution in [0.3, 0.4) is 0 Å². The van der Waals surface area contributed by atoms with Crippen molar-refractivity contribution in [2.45, 2.75) is 19.3 Å². The molecule has 0 saturated heterocycles. The Kier molecular flexibility index (Phi) is 3.08. The number of esters is 1. The van der Waals surface area contributed by atoms with Crippen molar-refractivity contribution in [2.75, 3.05) is 12.4 Å². The molecule has 1 saturated carbocycles. The number of amides is 1. The number of aromatic nitrogens is 1. The average molecular weight is 234 g/mol. The van der Waals surface area contributed by atoms with Gasteiger partial charge in [0, 0.05) is 6.20 Å². The van der Waals surface area contributed by atoms with Crippen LogP contribution in [-0.4, -0.2) is 24.0 Å². The van der Waals surface area contributed by atoms with Gasteiger partial charge in [0.05, 0.1) is 7.11 Å². The minimum absolute atomic E-state index is 0.325. The molecule has 1 aromatic rings. The van der Waals surface area contributed by atoms with Crippen LogP contribution in [0.25, 0.3) is 0 Å². The zero-order chi connectivity index (χ0) is 12.3. The number of ether oxygens (including phenoxy) is 1. The number of pyridine rings is 1. The Bertz CT molecular complexity index is 427. The highest BCUT2D eigenvalue weighted by molar-refractivity contribution is 6.09. The lowest BCUT2D eigenvalue weighted by Gasteiger charge is -2.36. The van der Waals surface area contributed by atoms with Gasteiger partial charge in [0.1, 0.15) is 11.2 Å². The fourth-order valence-corrected chi connectivity index (χ4v) is 1.92. The topological polar surface area (TPSA) is 68.3 Å². The summed E-state index contributed by atoms with van der Waals surface area (Å²) in [6.07, 6.45) is 3.53. The van der Waals surface area contributed by atoms with E-state index in [9.17, 15) is 9.59 Å². The van der Waals surface area contributed by atoms with Gasteiger partial charge in [0.2, 0.25) is 5.91 Å². The normalized spacial score (nSPS) is 16.8. The van der Waals surface area contributed by atoms with Crippen molar-refractivity contribution in [1.29, 1.82) is 0 Å². The van der Waals surface area contributed by atoms with Crippen molar-refractivity contribution < 1.29 is 14.3 Å². The van der Waals surface area contributed by atoms with Gasteiger partial charge >= 0.3 is 5.97 Å². The molecule has 0 radical (unpaired) electrons. The number of nitrogens with zero attached hydrogens (tertiary/aromatic N) is 1. The smallest absolute Gasteiger partial charge is 0.321 e. The van der Waals surface area contributed by atoms with E-state index in [1.807, 2.05) is 0 Å². The number of hydrogen-bond acceptors (Lipinski definition) is 4. The molecule has 0 unspecified atom stereocenters. The molecule has 2 rings (SSSR count). The van der Waals surface area contributed by atoms with Crippen LogP contribution < -0.4 is 5.32 Å². The van der Waals surface area contributed by atoms with Crippen LogP contribution in [0, 0.1) is 5.41 Å². The summed E-state index contributed by atoms with van der Waals surface area (Å²) in [7, 11) is 1.30. The Labute approximate surface area is 99.2 Å². The molecule has 1 aliphatic rings. The minimum Gasteiger partial charge on any atom is -0.468 e. The monoisotopic (exact) mass is 234 g/mol. The predicted octanol–water partition coefficient (Wildman–Crippen LogP) is 1.36. The van der Waals surface area contributed by atoms with Gasteiger partial charge in [-0.2, -0.15) is 0 Å². The number of methoxy groups -OCH3 is 1. The molecule has 0 spiro atoms. The van der Waals surface area contributed by atoms with Gasteiger partial charge in [-0.15, -0.1) is 0 Å². The van der Waals surface area contributed by atoms with E-state index in [2.05, 4.69) is 10.3 Å². The molecular weight excluding hydrogens is 220 g/mol. The van der Waals surface area contributed by atoms with Crippen molar-refractivity contribution >= 4 is 17.7 Å². The van der Waals surface area contributed by atoms with Crippen LogP contribution in [0.2, 0.25) is 0 Å². The Morgan fingerprint density at radius 1 is 1.41 bits per heavy atom. The van der Waals surface area contributed by atoms with Crippen molar-refractivity contribution in [2.24, 2.45) is 5.41 Å². The minimum atomic E-state index is -1.01. The first-order valence-electron chi connectivity index (χ1n) is 5.50. The molecule has 1 fully saturated rings. The van der Waals surface area contributed by atoms with E-state index in [4.69, 9.17) is 4.74 Å². The molecule has 0 atom stereocenters. The van der Waals surface area contributed by atoms with E-state index < -0.39 is 11.4 Å². The van der Waals surface area contributed by atoms with E-state index in [-0.39, 0.29) is 5.91 Å². The lowest BCUT2D eigenvalue weighted by Crippen LogP contribution is -2.48. The van der Waals surface area contributed by atoms with Crippen LogP contribution in [0.5, 0.6) is 0 Å². The zero-order valence-electron chi connectivity index (χ0n) is 9.60. The Morgan fingerprint density at radius 3 is 2.65 bits per heavy atom. The maximum absolute atomic E-state index is 12.1. The highest BCUT2D eigenvalue weighted by Crippen LogP contribution is 2.42. The fraction of sp³-hybridized carbons (Fsp3) is 0.417. The van der Waals surface area contributed by atoms with Crippen molar-refractivity contribution in [1.82, 2.24) is 4.98 Å². The Morgan fingerprint density at radius 2 is 2.18 bits per heavy atom. The third kappa shape index (κ3) is 2.00. The molecule has 1 heterocycles. The molecule has 1 aromatic heterocycles. The summed E-state index contributed by atoms with van der Waals surface area (Å²) in [6, 6.07) is 5.21. The molecule has 0 aromatic carbocycles. The summed E-state index contributed by atoms with van der Waals surface area (Å²) in [5.74, 6) is -0.334. The summed E-state index contributed by atoms with van der Waals surface area (Å²) >= 11 is 0. The van der Waals surface area contributed by atoms with E-state index in [1.54, 1.807) is 24.4 Å². The largest absolute Gasteiger partial charge is 0.468 e. The lowest BCUT2D eigenvalue weighted by atomic mass is 9.68. The highest BCUT2D eigenvalue weighted by Gasteiger charge is 2.52. The number of nitrogens with one attached hydrogen (secondary N) is 1. The predicted molar refractivity (Wildman–Crippen MR) is 61.2 cm³/mol. The molecule has 0 aliphatic heterocycles. The number of rotatable bonds is 3. The number of hydrogen-bond donors (Lipinski definition) is 1. The highest BCUT2D eigenvalue weighted by atomic mass is 16.5. The summed E-state index contributed by atoms with van der Waals surface area (Å²) in [4.78, 5) is 27.7. The maximum Gasteiger partial charge on any atom is 0.321 e. The second-order valence-corrected chi connectivity index (χ2v) is 4.10. The van der Waals surface area contributed by atoms with Crippen molar-refractivity contribution in [3.05, 3.63) is 24.4 Å². The average Bonchev–Trinajstić information content (AvgIpc) is 2.28. The second kappa shape index (κ2) is 4.53. The van der Waals surface area contributed by atoms with Crippen LogP contribution in [-0.2, 0) is 14.3 Å². The van der Waals surface area contributed by atoms with E-state index in [0.717, 1.165) is 6.42 Å². The van der Waals surface area contributed by atoms with Crippen LogP contribution in [0.1, 0.15) is 19.3 Å². The molecule has 1 amide bonds. The first-order valence-corrected chi connectivity index (χ1v) is 5.50. The molecule has 0 bridgehead atoms. The standard InChI is InChI=1S/C12H14N2O3/c1-17-11(16)12(6-4-7-12)10(15)14-9-5-2-3-8-13-9/h2-3,5,8H,4,6-7H2,1H3,(H,13,14,15). The van der Waals surface area contributed by atoms with Crippen LogP contribution >= 0.6 is 0 Å². The van der Waals surface area contributed by atoms with Crippen molar-refractivity contribution in [3.8, 4) is 0 Å². The van der Waals surface area contributed by atoms with Crippen LogP contribution in [0.4, 0.5) is 5.82 Å². The lowest BCUT2D eigenvalue weighted by molar-refractivity contribution is -0.163. The Balaban J connectivity index is 2.11. The number of anilines is 1. The molecule has 90 valence electrons. The molecule has 5 heteroatoms. The van der Waals surface area contributed by atoms with Gasteiger partial charge in [0.15, 0.2) is 0 Å². The first kappa shape index (κ1) is 11.6. The first-order chi connectivity index (χ1) is 8.19. The van der Waals surface area contributed by atoms with Gasteiger partial charge in [-0.05, 0) is 25.0 Å². The van der Waals surface area contributed by atoms with Gasteiger partial charge in [-0.3, -0.25) is 9.59 Å². The number of carbonyl (C=O) groups excluding carboxylic acids is 2. The van der Waals surface area contributed by atoms with Gasteiger partial charge < -0.3 is 10.1 Å². The third-order valence-electron chi connectivity index (χ3n) is 3.12. The van der Waals surface area contributed by atoms with E-state index >= 15 is 0 Å². The number of carbonyl (C=O) groups is 2. The van der Waals surface area contributed by atoms with E-state index in [0.29, 0.717) is 18.7 Å². The summed E-state index contributed by atoms with van der Waals surface area (Å²) in [5, 5.41) is 2.65. The van der Waals surface area contributed by atoms with Gasteiger partial charge in [-0.1, -0.05) is 12.5 Å². The van der Waals surface area contributed by atoms with E-state index in [1.165, 1.54) is 7.11 Å². The summed E-state index contributed by atoms with van der Waals surface area (Å²) in [6.45, 7) is 0. The van der Waals surface area contributed by atoms with Crippen LogP contribution in [0.15, 0.2) is 24.4 Å².